The topological polar surface area (TPSA) is 58.6 Å². The van der Waals surface area contributed by atoms with Crippen molar-refractivity contribution in [3.05, 3.63) is 28.8 Å². The number of nitrogens with zero attached hydrogens (tertiary/aromatic N) is 1. The number of hydrogen-bond donors (Lipinski definition) is 1. The third-order valence-electron chi connectivity index (χ3n) is 4.03. The van der Waals surface area contributed by atoms with Crippen LogP contribution in [0.15, 0.2) is 23.1 Å². The van der Waals surface area contributed by atoms with Crippen LogP contribution >= 0.6 is 23.4 Å². The van der Waals surface area contributed by atoms with Gasteiger partial charge in [0, 0.05) is 29.0 Å². The average Bonchev–Trinajstić information content (AvgIpc) is 2.46. The van der Waals surface area contributed by atoms with Gasteiger partial charge in [-0.05, 0) is 49.8 Å². The Morgan fingerprint density at radius 1 is 1.30 bits per heavy atom. The van der Waals surface area contributed by atoms with Gasteiger partial charge in [0.05, 0.1) is 12.2 Å². The molecule has 128 valence electrons. The van der Waals surface area contributed by atoms with Crippen LogP contribution in [0, 0.1) is 0 Å². The van der Waals surface area contributed by atoms with E-state index in [-0.39, 0.29) is 18.2 Å². The predicted molar refractivity (Wildman–Crippen MR) is 93.2 cm³/mol. The lowest BCUT2D eigenvalue weighted by atomic mass is 10.1. The van der Waals surface area contributed by atoms with Crippen LogP contribution in [0.25, 0.3) is 0 Å². The van der Waals surface area contributed by atoms with E-state index in [4.69, 9.17) is 16.3 Å². The van der Waals surface area contributed by atoms with Crippen molar-refractivity contribution >= 4 is 33.6 Å². The zero-order chi connectivity index (χ0) is 16.6. The highest BCUT2D eigenvalue weighted by molar-refractivity contribution is 7.99. The minimum Gasteiger partial charge on any atom is -0.373 e. The molecule has 0 saturated carbocycles. The summed E-state index contributed by atoms with van der Waals surface area (Å²) in [6, 6.07) is 5.43. The third kappa shape index (κ3) is 4.03. The van der Waals surface area contributed by atoms with Crippen molar-refractivity contribution in [2.24, 2.45) is 0 Å². The van der Waals surface area contributed by atoms with Crippen LogP contribution < -0.4 is 4.72 Å². The molecule has 8 heteroatoms. The minimum atomic E-state index is -3.55. The van der Waals surface area contributed by atoms with Crippen molar-refractivity contribution in [2.75, 3.05) is 18.8 Å². The van der Waals surface area contributed by atoms with E-state index in [0.717, 1.165) is 22.6 Å². The van der Waals surface area contributed by atoms with Gasteiger partial charge in [-0.2, -0.15) is 17.4 Å². The minimum absolute atomic E-state index is 0.0982. The molecule has 3 atom stereocenters. The highest BCUT2D eigenvalue weighted by Crippen LogP contribution is 2.38. The van der Waals surface area contributed by atoms with Gasteiger partial charge in [0.2, 0.25) is 0 Å². The highest BCUT2D eigenvalue weighted by Gasteiger charge is 2.34. The molecule has 23 heavy (non-hydrogen) atoms. The molecule has 1 saturated heterocycles. The quantitative estimate of drug-likeness (QED) is 0.881. The maximum Gasteiger partial charge on any atom is 0.280 e. The molecule has 2 aliphatic rings. The lowest BCUT2D eigenvalue weighted by Crippen LogP contribution is -2.52. The molecule has 1 N–H and O–H groups in total. The van der Waals surface area contributed by atoms with Crippen LogP contribution in [0.1, 0.15) is 31.9 Å². The Bertz CT molecular complexity index is 673. The fourth-order valence-electron chi connectivity index (χ4n) is 3.07. The second-order valence-corrected chi connectivity index (χ2v) is 9.34. The Balaban J connectivity index is 1.80. The van der Waals surface area contributed by atoms with Crippen LogP contribution in [-0.2, 0) is 14.9 Å². The number of benzene rings is 1. The molecule has 2 heterocycles. The van der Waals surface area contributed by atoms with Crippen molar-refractivity contribution in [1.82, 2.24) is 9.03 Å². The molecule has 1 fully saturated rings. The molecule has 0 amide bonds. The highest BCUT2D eigenvalue weighted by atomic mass is 35.5. The molecule has 1 aromatic rings. The Kier molecular flexibility index (Phi) is 5.25. The van der Waals surface area contributed by atoms with Crippen LogP contribution in [0.4, 0.5) is 0 Å². The fourth-order valence-corrected chi connectivity index (χ4v) is 5.92. The van der Waals surface area contributed by atoms with Gasteiger partial charge in [-0.25, -0.2) is 0 Å². The number of thioether (sulfide) groups is 1. The van der Waals surface area contributed by atoms with Crippen molar-refractivity contribution in [3.8, 4) is 0 Å². The monoisotopic (exact) mass is 376 g/mol. The second-order valence-electron chi connectivity index (χ2n) is 6.07. The van der Waals surface area contributed by atoms with E-state index in [1.54, 1.807) is 11.8 Å². The number of nitrogens with one attached hydrogen (secondary N) is 1. The maximum atomic E-state index is 12.8. The lowest BCUT2D eigenvalue weighted by Gasteiger charge is -2.36. The molecule has 2 aliphatic heterocycles. The van der Waals surface area contributed by atoms with Crippen molar-refractivity contribution in [2.45, 2.75) is 43.4 Å². The summed E-state index contributed by atoms with van der Waals surface area (Å²) in [7, 11) is -3.55. The number of ether oxygens (including phenoxy) is 1. The van der Waals surface area contributed by atoms with E-state index in [1.807, 2.05) is 32.0 Å². The summed E-state index contributed by atoms with van der Waals surface area (Å²) in [4.78, 5) is 1.09. The van der Waals surface area contributed by atoms with Crippen molar-refractivity contribution in [1.29, 1.82) is 0 Å². The summed E-state index contributed by atoms with van der Waals surface area (Å²) in [6.45, 7) is 4.54. The Morgan fingerprint density at radius 3 is 2.70 bits per heavy atom. The number of halogens is 1. The first-order valence-electron chi connectivity index (χ1n) is 7.70. The lowest BCUT2D eigenvalue weighted by molar-refractivity contribution is -0.0444. The van der Waals surface area contributed by atoms with E-state index in [1.165, 1.54) is 4.31 Å². The smallest absolute Gasteiger partial charge is 0.280 e. The molecule has 5 nitrogen and oxygen atoms in total. The first-order chi connectivity index (χ1) is 10.8. The average molecular weight is 377 g/mol. The standard InChI is InChI=1S/C15H21ClN2O3S2/c1-10-8-18(9-11(2)21-10)23(19,20)17-14-5-6-22-15-4-3-12(16)7-13(14)15/h3-4,7,10-11,14,17H,5-6,8-9H2,1-2H3/t10-,11-,14+/m1/s1. The maximum absolute atomic E-state index is 12.8. The number of morpholine rings is 1. The van der Waals surface area contributed by atoms with Crippen LogP contribution in [0.2, 0.25) is 5.02 Å². The molecule has 0 spiro atoms. The van der Waals surface area contributed by atoms with E-state index in [9.17, 15) is 8.42 Å². The summed E-state index contributed by atoms with van der Waals surface area (Å²) in [5.74, 6) is 0.887. The Labute approximate surface area is 146 Å². The van der Waals surface area contributed by atoms with Gasteiger partial charge in [-0.1, -0.05) is 11.6 Å². The van der Waals surface area contributed by atoms with E-state index in [2.05, 4.69) is 4.72 Å². The van der Waals surface area contributed by atoms with Gasteiger partial charge in [-0.15, -0.1) is 11.8 Å². The number of fused-ring (bicyclic) bond motifs is 1. The summed E-state index contributed by atoms with van der Waals surface area (Å²) >= 11 is 7.82. The molecular formula is C15H21ClN2O3S2. The SMILES string of the molecule is C[C@@H]1CN(S(=O)(=O)N[C@H]2CCSc3ccc(Cl)cc32)C[C@@H](C)O1. The van der Waals surface area contributed by atoms with Gasteiger partial charge in [0.1, 0.15) is 0 Å². The molecule has 0 aromatic heterocycles. The van der Waals surface area contributed by atoms with Crippen molar-refractivity contribution in [3.63, 3.8) is 0 Å². The Morgan fingerprint density at radius 2 is 2.00 bits per heavy atom. The summed E-state index contributed by atoms with van der Waals surface area (Å²) in [5, 5.41) is 0.629. The molecule has 0 radical (unpaired) electrons. The van der Waals surface area contributed by atoms with Crippen molar-refractivity contribution < 1.29 is 13.2 Å². The zero-order valence-corrected chi connectivity index (χ0v) is 15.5. The van der Waals surface area contributed by atoms with E-state index in [0.29, 0.717) is 18.1 Å². The van der Waals surface area contributed by atoms with E-state index < -0.39 is 10.2 Å². The number of hydrogen-bond acceptors (Lipinski definition) is 4. The molecule has 0 bridgehead atoms. The van der Waals surface area contributed by atoms with Gasteiger partial charge < -0.3 is 4.74 Å². The first-order valence-corrected chi connectivity index (χ1v) is 10.5. The zero-order valence-electron chi connectivity index (χ0n) is 13.2. The van der Waals surface area contributed by atoms with E-state index >= 15 is 0 Å². The first kappa shape index (κ1) is 17.5. The predicted octanol–water partition coefficient (Wildman–Crippen LogP) is 2.82. The normalized spacial score (nSPS) is 29.3. The summed E-state index contributed by atoms with van der Waals surface area (Å²) in [6.07, 6.45) is 0.560. The van der Waals surface area contributed by atoms with Gasteiger partial charge >= 0.3 is 0 Å². The molecule has 1 aromatic carbocycles. The third-order valence-corrected chi connectivity index (χ3v) is 6.95. The number of rotatable bonds is 3. The molecule has 3 rings (SSSR count). The Hall–Kier alpha value is -0.310. The largest absolute Gasteiger partial charge is 0.373 e. The van der Waals surface area contributed by atoms with Gasteiger partial charge in [0.15, 0.2) is 0 Å². The summed E-state index contributed by atoms with van der Waals surface area (Å²) in [5.41, 5.74) is 0.965. The summed E-state index contributed by atoms with van der Waals surface area (Å²) < 4.78 is 35.5. The molecule has 0 aliphatic carbocycles. The molecular weight excluding hydrogens is 356 g/mol. The van der Waals surface area contributed by atoms with Crippen LogP contribution in [0.5, 0.6) is 0 Å². The molecule has 0 unspecified atom stereocenters. The van der Waals surface area contributed by atoms with Crippen LogP contribution in [-0.4, -0.2) is 43.8 Å². The second kappa shape index (κ2) is 6.90. The fraction of sp³-hybridized carbons (Fsp3) is 0.600. The van der Waals surface area contributed by atoms with Gasteiger partial charge in [0.25, 0.3) is 10.2 Å². The van der Waals surface area contributed by atoms with Gasteiger partial charge in [-0.3, -0.25) is 0 Å². The van der Waals surface area contributed by atoms with Crippen LogP contribution in [0.3, 0.4) is 0 Å².